The number of allylic oxidation sites excluding steroid dienone is 20. The Bertz CT molecular complexity index is 3610. The predicted octanol–water partition coefficient (Wildman–Crippen LogP) is 31.0. The van der Waals surface area contributed by atoms with Gasteiger partial charge in [0.2, 0.25) is 0 Å². The van der Waals surface area contributed by atoms with Crippen LogP contribution in [0, 0.1) is 5.82 Å². The van der Waals surface area contributed by atoms with Gasteiger partial charge in [-0.3, -0.25) is 0 Å². The second-order valence-electron chi connectivity index (χ2n) is 26.9. The zero-order chi connectivity index (χ0) is 77.9. The molecule has 0 atom stereocenters. The highest BCUT2D eigenvalue weighted by molar-refractivity contribution is 8.00. The Balaban J connectivity index is -0.00000134. The molecule has 0 bridgehead atoms. The van der Waals surface area contributed by atoms with Crippen molar-refractivity contribution in [2.24, 2.45) is 0 Å². The first-order valence-corrected chi connectivity index (χ1v) is 40.6. The summed E-state index contributed by atoms with van der Waals surface area (Å²) in [6.07, 6.45) is 44.4. The minimum atomic E-state index is -1.10. The molecule has 4 aromatic carbocycles. The number of halogens is 3. The molecule has 0 unspecified atom stereocenters. The van der Waals surface area contributed by atoms with Gasteiger partial charge in [0.25, 0.3) is 0 Å². The van der Waals surface area contributed by atoms with Crippen LogP contribution in [0.1, 0.15) is 277 Å². The van der Waals surface area contributed by atoms with Gasteiger partial charge in [-0.05, 0) is 280 Å². The van der Waals surface area contributed by atoms with Crippen molar-refractivity contribution in [3.05, 3.63) is 257 Å². The molecule has 0 saturated heterocycles. The number of carbonyl (C=O) groups is 4. The summed E-state index contributed by atoms with van der Waals surface area (Å²) in [5.74, 6) is -0.700. The molecule has 0 fully saturated rings. The van der Waals surface area contributed by atoms with Crippen LogP contribution in [0.25, 0.3) is 0 Å². The lowest BCUT2D eigenvalue weighted by Crippen LogP contribution is -2.02. The first-order valence-electron chi connectivity index (χ1n) is 35.9. The minimum Gasteiger partial charge on any atom is -0.478 e. The smallest absolute Gasteiger partial charge is 0.338 e. The van der Waals surface area contributed by atoms with Gasteiger partial charge in [-0.15, -0.1) is 47.0 Å². The van der Waals surface area contributed by atoms with Crippen LogP contribution in [0.5, 0.6) is 0 Å². The molecule has 0 aromatic heterocycles. The van der Waals surface area contributed by atoms with Gasteiger partial charge >= 0.3 is 23.9 Å². The molecule has 0 saturated carbocycles. The Morgan fingerprint density at radius 2 is 0.607 bits per heavy atom. The number of rotatable bonds is 40. The third-order valence-corrected chi connectivity index (χ3v) is 20.4. The van der Waals surface area contributed by atoms with E-state index < -0.39 is 23.7 Å². The summed E-state index contributed by atoms with van der Waals surface area (Å²) in [6, 6.07) is 21.4. The zero-order valence-corrected chi connectivity index (χ0v) is 70.0. The van der Waals surface area contributed by atoms with Crippen molar-refractivity contribution in [3.8, 4) is 0 Å². The maximum absolute atomic E-state index is 13.2. The van der Waals surface area contributed by atoms with E-state index in [1.165, 1.54) is 127 Å². The summed E-state index contributed by atoms with van der Waals surface area (Å²) < 4.78 is 18.0. The maximum Gasteiger partial charge on any atom is 0.338 e. The van der Waals surface area contributed by atoms with E-state index in [1.54, 1.807) is 42.1 Å². The van der Waals surface area contributed by atoms with Crippen molar-refractivity contribution < 1.29 is 43.6 Å². The molecule has 0 amide bonds. The lowest BCUT2D eigenvalue weighted by molar-refractivity contribution is 0.0594. The van der Waals surface area contributed by atoms with Gasteiger partial charge in [0.15, 0.2) is 0 Å². The fraction of sp³-hybridized carbons (Fsp3) is 0.435. The molecule has 0 aliphatic heterocycles. The van der Waals surface area contributed by atoms with Crippen molar-refractivity contribution >= 4 is 94.1 Å². The summed E-state index contributed by atoms with van der Waals surface area (Å²) in [5.41, 5.74) is 17.8. The fourth-order valence-corrected chi connectivity index (χ4v) is 14.2. The van der Waals surface area contributed by atoms with Gasteiger partial charge in [0, 0.05) is 52.6 Å². The molecule has 592 valence electrons. The number of hydrogen-bond acceptors (Lipinski definition) is 9. The second kappa shape index (κ2) is 62.3. The molecule has 0 heterocycles. The molecule has 4 rings (SSSR count). The first kappa shape index (κ1) is 105. The first-order chi connectivity index (χ1) is 49.3. The van der Waals surface area contributed by atoms with Gasteiger partial charge in [0.05, 0.1) is 29.4 Å². The fourth-order valence-electron chi connectivity index (χ4n) is 9.70. The van der Waals surface area contributed by atoms with E-state index >= 15 is 0 Å². The molecule has 0 radical (unpaired) electrons. The number of esters is 1. The summed E-state index contributed by atoms with van der Waals surface area (Å²) >= 11 is 18.0. The molecule has 4 aromatic rings. The molecule has 0 aliphatic rings. The van der Waals surface area contributed by atoms with Crippen molar-refractivity contribution in [1.82, 2.24) is 0 Å². The van der Waals surface area contributed by atoms with Gasteiger partial charge in [-0.1, -0.05) is 197 Å². The van der Waals surface area contributed by atoms with Gasteiger partial charge in [-0.25, -0.2) is 23.6 Å². The quantitative estimate of drug-likeness (QED) is 0.0222. The normalized spacial score (nSPS) is 11.8. The third-order valence-electron chi connectivity index (χ3n) is 16.0. The summed E-state index contributed by atoms with van der Waals surface area (Å²) in [4.78, 5) is 48.6. The summed E-state index contributed by atoms with van der Waals surface area (Å²) in [6.45, 7) is 34.4. The highest BCUT2D eigenvalue weighted by Gasteiger charge is 2.15. The van der Waals surface area contributed by atoms with Crippen LogP contribution in [0.3, 0.4) is 0 Å². The monoisotopic (exact) mass is 1580 g/mol. The van der Waals surface area contributed by atoms with Crippen LogP contribution in [0.4, 0.5) is 4.39 Å². The molecule has 0 spiro atoms. The molecular weight excluding hydrogens is 1450 g/mol. The Morgan fingerprint density at radius 1 is 0.336 bits per heavy atom. The van der Waals surface area contributed by atoms with Crippen LogP contribution < -0.4 is 0 Å². The second-order valence-corrected chi connectivity index (χ2v) is 32.0. The number of carboxylic acid groups (broad SMARTS) is 3. The standard InChI is InChI=1S/C23H32O2S.2C22H29ClO2S.C22H29FO2S.3CH4/c1-18(2)10-8-11-19(3)12-9-13-20(4)16-17-26-22-15-7-6-14-21(22)23(24)25-5;1-16(2)7-5-8-17(3)9-6-10-18(4)13-14-26-21-12-11-19(23)15-20(21)22(24)25;1-16(2)7-5-8-17(3)9-6-10-18(4)13-14-26-21-15-19(23)11-12-20(21)22(24)25;1-16(2)7-5-8-17(3)9-6-10-18(4)13-14-26-21-12-11-19(23)15-20(21)22(24)25;;;/h6-7,10,12,14-16H,8-9,11,13,17H2,1-5H3;3*7,9,11-13,15H,5-6,8,10,14H2,1-4H3,(H,24,25);3*1H4/b19-12+,20-16+;3*17-9+,18-13+;;;. The van der Waals surface area contributed by atoms with E-state index in [-0.39, 0.29) is 39.4 Å². The average molecular weight is 1580 g/mol. The van der Waals surface area contributed by atoms with Gasteiger partial charge in [-0.2, -0.15) is 0 Å². The van der Waals surface area contributed by atoms with Gasteiger partial charge in [0.1, 0.15) is 5.82 Å². The van der Waals surface area contributed by atoms with Crippen LogP contribution in [-0.2, 0) is 4.74 Å². The number of hydrogen-bond donors (Lipinski definition) is 3. The van der Waals surface area contributed by atoms with E-state index in [9.17, 15) is 33.8 Å². The van der Waals surface area contributed by atoms with Crippen LogP contribution >= 0.6 is 70.2 Å². The van der Waals surface area contributed by atoms with E-state index in [2.05, 4.69) is 184 Å². The van der Waals surface area contributed by atoms with Gasteiger partial charge < -0.3 is 20.1 Å². The molecule has 15 heteroatoms. The van der Waals surface area contributed by atoms with Crippen molar-refractivity contribution in [2.75, 3.05) is 30.1 Å². The highest BCUT2D eigenvalue weighted by atomic mass is 35.5. The van der Waals surface area contributed by atoms with Crippen LogP contribution in [0.15, 0.2) is 238 Å². The molecule has 107 heavy (non-hydrogen) atoms. The van der Waals surface area contributed by atoms with Crippen molar-refractivity contribution in [2.45, 2.75) is 255 Å². The minimum absolute atomic E-state index is 0. The topological polar surface area (TPSA) is 138 Å². The van der Waals surface area contributed by atoms with Crippen molar-refractivity contribution in [1.29, 1.82) is 0 Å². The summed E-state index contributed by atoms with van der Waals surface area (Å²) in [5, 5.41) is 28.7. The Morgan fingerprint density at radius 3 is 0.935 bits per heavy atom. The average Bonchev–Trinajstić information content (AvgIpc) is 0.875. The highest BCUT2D eigenvalue weighted by Crippen LogP contribution is 2.30. The molecular formula is C92H131Cl2FO8S4. The van der Waals surface area contributed by atoms with E-state index in [0.29, 0.717) is 36.7 Å². The summed E-state index contributed by atoms with van der Waals surface area (Å²) in [7, 11) is 1.42. The SMILES string of the molecule is C.C.C.CC(C)=CCC/C(C)=C/CC/C(C)=C/CSc1cc(Cl)ccc1C(=O)O.CC(C)=CCC/C(C)=C/CC/C(C)=C/CSc1ccc(Cl)cc1C(=O)O.CC(C)=CCC/C(C)=C/CC/C(C)=C/CSc1ccc(F)cc1C(=O)O.COC(=O)c1ccccc1SC/C=C(\C)CC/C=C(\C)CCC=C(C)C. The Hall–Kier alpha value is -6.45. The Labute approximate surface area is 675 Å². The lowest BCUT2D eigenvalue weighted by atomic mass is 10.1. The number of methoxy groups -OCH3 is 1. The largest absolute Gasteiger partial charge is 0.478 e. The molecule has 3 N–H and O–H groups in total. The number of thioether (sulfide) groups is 4. The van der Waals surface area contributed by atoms with Crippen molar-refractivity contribution in [3.63, 3.8) is 0 Å². The number of benzene rings is 4. The third kappa shape index (κ3) is 53.1. The predicted molar refractivity (Wildman–Crippen MR) is 473 cm³/mol. The van der Waals surface area contributed by atoms with Crippen LogP contribution in [-0.4, -0.2) is 69.3 Å². The number of ether oxygens (including phenoxy) is 1. The van der Waals surface area contributed by atoms with E-state index in [4.69, 9.17) is 33.0 Å². The van der Waals surface area contributed by atoms with E-state index in [1.807, 2.05) is 24.3 Å². The van der Waals surface area contributed by atoms with Crippen LogP contribution in [0.2, 0.25) is 10.0 Å². The number of carbonyl (C=O) groups excluding carboxylic acids is 1. The zero-order valence-electron chi connectivity index (χ0n) is 65.2. The molecule has 0 aliphatic carbocycles. The number of aromatic carboxylic acids is 3. The molecule has 8 nitrogen and oxygen atoms in total. The number of carboxylic acids is 3. The van der Waals surface area contributed by atoms with E-state index in [0.717, 1.165) is 136 Å². The lowest BCUT2D eigenvalue weighted by Gasteiger charge is -2.06. The Kier molecular flexibility index (Phi) is 61.0. The maximum atomic E-state index is 13.2.